The zero-order chi connectivity index (χ0) is 21.9. The van der Waals surface area contributed by atoms with Crippen molar-refractivity contribution in [1.29, 1.82) is 0 Å². The minimum atomic E-state index is -1.06. The molecule has 5 heteroatoms. The van der Waals surface area contributed by atoms with E-state index >= 15 is 0 Å². The molecule has 0 aromatic heterocycles. The summed E-state index contributed by atoms with van der Waals surface area (Å²) < 4.78 is 11.0. The van der Waals surface area contributed by atoms with E-state index in [0.717, 1.165) is 19.3 Å². The number of ether oxygens (including phenoxy) is 2. The van der Waals surface area contributed by atoms with Crippen molar-refractivity contribution in [2.45, 2.75) is 128 Å². The highest BCUT2D eigenvalue weighted by atomic mass is 16.6. The molecule has 1 saturated heterocycles. The van der Waals surface area contributed by atoms with Gasteiger partial charge in [0.15, 0.2) is 0 Å². The summed E-state index contributed by atoms with van der Waals surface area (Å²) in [7, 11) is 0. The fourth-order valence-corrected chi connectivity index (χ4v) is 3.98. The van der Waals surface area contributed by atoms with Crippen LogP contribution in [0.1, 0.15) is 103 Å². The highest BCUT2D eigenvalue weighted by Crippen LogP contribution is 2.20. The maximum Gasteiger partial charge on any atom is 0.114 e. The highest BCUT2D eigenvalue weighted by Gasteiger charge is 2.40. The standard InChI is InChI=1S/C25H48O5/c1-2-3-4-5-6-7-8-9-10-11-12-13-14-15-16-17-18-19-29-23-21-30-25(24(23)28)22(27)20-26/h15-16,22-28H,2-14,17-21H2,1H3/b16-15+/t22-,23+,24+,25+/m1/s1. The monoisotopic (exact) mass is 428 g/mol. The lowest BCUT2D eigenvalue weighted by atomic mass is 10.0. The molecule has 0 aromatic carbocycles. The second-order valence-corrected chi connectivity index (χ2v) is 8.74. The minimum Gasteiger partial charge on any atom is -0.394 e. The summed E-state index contributed by atoms with van der Waals surface area (Å²) in [5.74, 6) is 0. The Kier molecular flexibility index (Phi) is 17.7. The van der Waals surface area contributed by atoms with Crippen molar-refractivity contribution in [3.8, 4) is 0 Å². The molecule has 0 saturated carbocycles. The lowest BCUT2D eigenvalue weighted by molar-refractivity contribution is -0.0729. The Morgan fingerprint density at radius 1 is 0.867 bits per heavy atom. The molecule has 0 radical (unpaired) electrons. The van der Waals surface area contributed by atoms with Crippen LogP contribution in [0.5, 0.6) is 0 Å². The quantitative estimate of drug-likeness (QED) is 0.190. The van der Waals surface area contributed by atoms with Crippen molar-refractivity contribution in [3.05, 3.63) is 12.2 Å². The van der Waals surface area contributed by atoms with Crippen molar-refractivity contribution in [2.75, 3.05) is 19.8 Å². The number of allylic oxidation sites excluding steroid dienone is 2. The largest absolute Gasteiger partial charge is 0.394 e. The van der Waals surface area contributed by atoms with Gasteiger partial charge in [0.25, 0.3) is 0 Å². The van der Waals surface area contributed by atoms with Gasteiger partial charge in [0, 0.05) is 6.61 Å². The number of unbranched alkanes of at least 4 members (excludes halogenated alkanes) is 13. The molecule has 0 spiro atoms. The fourth-order valence-electron chi connectivity index (χ4n) is 3.98. The van der Waals surface area contributed by atoms with Crippen molar-refractivity contribution in [2.24, 2.45) is 0 Å². The van der Waals surface area contributed by atoms with Gasteiger partial charge in [-0.25, -0.2) is 0 Å². The van der Waals surface area contributed by atoms with Crippen molar-refractivity contribution in [3.63, 3.8) is 0 Å². The molecule has 0 bridgehead atoms. The first-order chi connectivity index (χ1) is 14.7. The molecule has 30 heavy (non-hydrogen) atoms. The molecule has 1 fully saturated rings. The van der Waals surface area contributed by atoms with Gasteiger partial charge in [-0.15, -0.1) is 0 Å². The lowest BCUT2D eigenvalue weighted by Gasteiger charge is -2.20. The van der Waals surface area contributed by atoms with Crippen molar-refractivity contribution < 1.29 is 24.8 Å². The molecule has 1 aliphatic heterocycles. The molecule has 0 amide bonds. The average molecular weight is 429 g/mol. The predicted molar refractivity (Wildman–Crippen MR) is 123 cm³/mol. The van der Waals surface area contributed by atoms with Gasteiger partial charge in [0.2, 0.25) is 0 Å². The molecule has 1 heterocycles. The van der Waals surface area contributed by atoms with Crippen LogP contribution in [0.3, 0.4) is 0 Å². The number of hydrogen-bond acceptors (Lipinski definition) is 5. The Balaban J connectivity index is 1.83. The molecular weight excluding hydrogens is 380 g/mol. The minimum absolute atomic E-state index is 0.262. The molecule has 178 valence electrons. The smallest absolute Gasteiger partial charge is 0.114 e. The van der Waals surface area contributed by atoms with E-state index < -0.39 is 31.0 Å². The second-order valence-electron chi connectivity index (χ2n) is 8.74. The Morgan fingerprint density at radius 3 is 1.97 bits per heavy atom. The zero-order valence-corrected chi connectivity index (χ0v) is 19.4. The number of aliphatic hydroxyl groups excluding tert-OH is 3. The van der Waals surface area contributed by atoms with Crippen LogP contribution in [-0.4, -0.2) is 59.6 Å². The van der Waals surface area contributed by atoms with Crippen LogP contribution in [0.2, 0.25) is 0 Å². The summed E-state index contributed by atoms with van der Waals surface area (Å²) in [6.07, 6.45) is 21.1. The summed E-state index contributed by atoms with van der Waals surface area (Å²) in [5.41, 5.74) is 0. The molecule has 1 aliphatic rings. The average Bonchev–Trinajstić information content (AvgIpc) is 3.12. The first-order valence-electron chi connectivity index (χ1n) is 12.6. The van der Waals surface area contributed by atoms with Crippen LogP contribution in [0.25, 0.3) is 0 Å². The Hall–Kier alpha value is -0.460. The fraction of sp³-hybridized carbons (Fsp3) is 0.920. The maximum atomic E-state index is 10.1. The van der Waals surface area contributed by atoms with Gasteiger partial charge in [-0.3, -0.25) is 0 Å². The van der Waals surface area contributed by atoms with E-state index in [2.05, 4.69) is 19.1 Å². The lowest BCUT2D eigenvalue weighted by Crippen LogP contribution is -2.41. The number of rotatable bonds is 20. The first-order valence-corrected chi connectivity index (χ1v) is 12.6. The van der Waals surface area contributed by atoms with Crippen LogP contribution in [-0.2, 0) is 9.47 Å². The van der Waals surface area contributed by atoms with Crippen LogP contribution in [0, 0.1) is 0 Å². The van der Waals surface area contributed by atoms with Crippen molar-refractivity contribution in [1.82, 2.24) is 0 Å². The summed E-state index contributed by atoms with van der Waals surface area (Å²) >= 11 is 0. The van der Waals surface area contributed by atoms with E-state index in [-0.39, 0.29) is 6.61 Å². The summed E-state index contributed by atoms with van der Waals surface area (Å²) in [6.45, 7) is 2.68. The number of hydrogen-bond donors (Lipinski definition) is 3. The molecule has 0 aromatic rings. The first kappa shape index (κ1) is 27.6. The van der Waals surface area contributed by atoms with Gasteiger partial charge in [0.1, 0.15) is 24.4 Å². The van der Waals surface area contributed by atoms with Gasteiger partial charge in [0.05, 0.1) is 13.2 Å². The molecule has 5 nitrogen and oxygen atoms in total. The predicted octanol–water partition coefficient (Wildman–Crippen LogP) is 4.91. The maximum absolute atomic E-state index is 10.1. The van der Waals surface area contributed by atoms with Crippen LogP contribution in [0.4, 0.5) is 0 Å². The van der Waals surface area contributed by atoms with Gasteiger partial charge in [-0.2, -0.15) is 0 Å². The van der Waals surface area contributed by atoms with Crippen LogP contribution in [0.15, 0.2) is 12.2 Å². The van der Waals surface area contributed by atoms with Gasteiger partial charge < -0.3 is 24.8 Å². The van der Waals surface area contributed by atoms with Crippen LogP contribution >= 0.6 is 0 Å². The Morgan fingerprint density at radius 2 is 1.40 bits per heavy atom. The molecule has 0 unspecified atom stereocenters. The molecule has 0 aliphatic carbocycles. The van der Waals surface area contributed by atoms with E-state index in [9.17, 15) is 10.2 Å². The highest BCUT2D eigenvalue weighted by molar-refractivity contribution is 4.89. The molecular formula is C25H48O5. The van der Waals surface area contributed by atoms with E-state index in [1.54, 1.807) is 0 Å². The molecule has 4 atom stereocenters. The summed E-state index contributed by atoms with van der Waals surface area (Å²) in [6, 6.07) is 0. The second kappa shape index (κ2) is 19.2. The SMILES string of the molecule is CCCCCCCCCCCCCC/C=C/CCCO[C@H]1CO[C@@H]([C@H](O)CO)[C@H]1O. The Labute approximate surface area is 184 Å². The molecule has 3 N–H and O–H groups in total. The van der Waals surface area contributed by atoms with E-state index in [1.165, 1.54) is 77.0 Å². The summed E-state index contributed by atoms with van der Waals surface area (Å²) in [4.78, 5) is 0. The van der Waals surface area contributed by atoms with Crippen LogP contribution < -0.4 is 0 Å². The van der Waals surface area contributed by atoms with Gasteiger partial charge >= 0.3 is 0 Å². The third-order valence-electron chi connectivity index (χ3n) is 5.97. The Bertz CT molecular complexity index is 401. The third-order valence-corrected chi connectivity index (χ3v) is 5.97. The normalized spacial score (nSPS) is 22.9. The topological polar surface area (TPSA) is 79.2 Å². The third kappa shape index (κ3) is 13.1. The van der Waals surface area contributed by atoms with Gasteiger partial charge in [-0.1, -0.05) is 89.7 Å². The van der Waals surface area contributed by atoms with E-state index in [4.69, 9.17) is 14.6 Å². The van der Waals surface area contributed by atoms with E-state index in [0.29, 0.717) is 6.61 Å². The van der Waals surface area contributed by atoms with E-state index in [1.807, 2.05) is 0 Å². The van der Waals surface area contributed by atoms with Gasteiger partial charge in [-0.05, 0) is 25.7 Å². The number of aliphatic hydroxyl groups is 3. The molecule has 1 rings (SSSR count). The van der Waals surface area contributed by atoms with Crippen molar-refractivity contribution >= 4 is 0 Å². The zero-order valence-electron chi connectivity index (χ0n) is 19.4. The summed E-state index contributed by atoms with van der Waals surface area (Å²) in [5, 5.41) is 28.6.